The SMILES string of the molecule is COc1cc2c(cc1CNC(=O)c1cc(C(=O)O)sc1C)OCO2. The molecule has 0 fully saturated rings. The van der Waals surface area contributed by atoms with Crippen LogP contribution >= 0.6 is 11.3 Å². The standard InChI is InChI=1S/C16H15NO6S/c1-8-10(4-14(24-8)16(19)20)15(18)17-6-9-3-12-13(23-7-22-12)5-11(9)21-2/h3-5H,6-7H2,1-2H3,(H,17,18)(H,19,20). The Hall–Kier alpha value is -2.74. The summed E-state index contributed by atoms with van der Waals surface area (Å²) in [5, 5.41) is 11.8. The molecule has 2 aromatic rings. The zero-order chi connectivity index (χ0) is 17.3. The van der Waals surface area contributed by atoms with Gasteiger partial charge >= 0.3 is 5.97 Å². The van der Waals surface area contributed by atoms with E-state index >= 15 is 0 Å². The molecule has 0 bridgehead atoms. The molecule has 1 aliphatic rings. The lowest BCUT2D eigenvalue weighted by molar-refractivity contribution is 0.0702. The molecule has 0 unspecified atom stereocenters. The van der Waals surface area contributed by atoms with Crippen LogP contribution in [0, 0.1) is 6.92 Å². The first-order valence-corrected chi connectivity index (χ1v) is 7.89. The van der Waals surface area contributed by atoms with Gasteiger partial charge in [-0.2, -0.15) is 0 Å². The van der Waals surface area contributed by atoms with Crippen LogP contribution in [0.2, 0.25) is 0 Å². The van der Waals surface area contributed by atoms with Gasteiger partial charge in [-0.05, 0) is 19.1 Å². The second-order valence-corrected chi connectivity index (χ2v) is 6.34. The third kappa shape index (κ3) is 3.00. The van der Waals surface area contributed by atoms with E-state index in [4.69, 9.17) is 19.3 Å². The molecule has 0 aliphatic carbocycles. The maximum absolute atomic E-state index is 12.3. The fourth-order valence-corrected chi connectivity index (χ4v) is 3.23. The van der Waals surface area contributed by atoms with Crippen molar-refractivity contribution in [1.29, 1.82) is 0 Å². The summed E-state index contributed by atoms with van der Waals surface area (Å²) in [7, 11) is 1.53. The maximum Gasteiger partial charge on any atom is 0.345 e. The number of amides is 1. The van der Waals surface area contributed by atoms with Crippen LogP contribution < -0.4 is 19.5 Å². The highest BCUT2D eigenvalue weighted by Gasteiger charge is 2.20. The van der Waals surface area contributed by atoms with Crippen LogP contribution in [0.3, 0.4) is 0 Å². The van der Waals surface area contributed by atoms with Crippen molar-refractivity contribution < 1.29 is 28.9 Å². The Morgan fingerprint density at radius 1 is 1.29 bits per heavy atom. The zero-order valence-electron chi connectivity index (χ0n) is 13.0. The van der Waals surface area contributed by atoms with Gasteiger partial charge in [-0.1, -0.05) is 0 Å². The minimum Gasteiger partial charge on any atom is -0.496 e. The van der Waals surface area contributed by atoms with Crippen LogP contribution in [0.5, 0.6) is 17.2 Å². The maximum atomic E-state index is 12.3. The molecular formula is C16H15NO6S. The van der Waals surface area contributed by atoms with Gasteiger partial charge in [-0.25, -0.2) is 4.79 Å². The number of nitrogens with one attached hydrogen (secondary N) is 1. The van der Waals surface area contributed by atoms with Gasteiger partial charge in [0.25, 0.3) is 5.91 Å². The molecule has 24 heavy (non-hydrogen) atoms. The number of rotatable bonds is 5. The average molecular weight is 349 g/mol. The van der Waals surface area contributed by atoms with Crippen molar-refractivity contribution in [3.63, 3.8) is 0 Å². The molecule has 7 nitrogen and oxygen atoms in total. The largest absolute Gasteiger partial charge is 0.496 e. The number of carboxylic acid groups (broad SMARTS) is 1. The summed E-state index contributed by atoms with van der Waals surface area (Å²) in [5.41, 5.74) is 1.10. The van der Waals surface area contributed by atoms with E-state index in [2.05, 4.69) is 5.32 Å². The molecule has 0 saturated heterocycles. The summed E-state index contributed by atoms with van der Waals surface area (Å²) in [4.78, 5) is 24.1. The third-order valence-electron chi connectivity index (χ3n) is 3.59. The Morgan fingerprint density at radius 2 is 2.00 bits per heavy atom. The number of benzene rings is 1. The van der Waals surface area contributed by atoms with Crippen LogP contribution in [0.4, 0.5) is 0 Å². The Kier molecular flexibility index (Phi) is 4.30. The fraction of sp³-hybridized carbons (Fsp3) is 0.250. The first-order valence-electron chi connectivity index (χ1n) is 7.08. The molecule has 0 radical (unpaired) electrons. The van der Waals surface area contributed by atoms with Crippen LogP contribution in [-0.2, 0) is 6.54 Å². The summed E-state index contributed by atoms with van der Waals surface area (Å²) < 4.78 is 15.9. The lowest BCUT2D eigenvalue weighted by Gasteiger charge is -2.11. The van der Waals surface area contributed by atoms with Gasteiger partial charge in [0.05, 0.1) is 12.7 Å². The topological polar surface area (TPSA) is 94.1 Å². The Bertz CT molecular complexity index is 813. The van der Waals surface area contributed by atoms with Gasteiger partial charge in [-0.3, -0.25) is 4.79 Å². The predicted octanol–water partition coefficient (Wildman–Crippen LogP) is 2.42. The fourth-order valence-electron chi connectivity index (χ4n) is 2.38. The summed E-state index contributed by atoms with van der Waals surface area (Å²) in [6, 6.07) is 4.85. The van der Waals surface area contributed by atoms with E-state index < -0.39 is 5.97 Å². The number of hydrogen-bond acceptors (Lipinski definition) is 6. The number of fused-ring (bicyclic) bond motifs is 1. The van der Waals surface area contributed by atoms with Gasteiger partial charge in [-0.15, -0.1) is 11.3 Å². The van der Waals surface area contributed by atoms with E-state index in [1.54, 1.807) is 19.1 Å². The quantitative estimate of drug-likeness (QED) is 0.861. The number of hydrogen-bond donors (Lipinski definition) is 2. The molecule has 1 aromatic carbocycles. The summed E-state index contributed by atoms with van der Waals surface area (Å²) >= 11 is 1.07. The molecule has 0 saturated carbocycles. The van der Waals surface area contributed by atoms with E-state index in [-0.39, 0.29) is 24.1 Å². The summed E-state index contributed by atoms with van der Waals surface area (Å²) in [5.74, 6) is 0.394. The number of methoxy groups -OCH3 is 1. The molecule has 0 spiro atoms. The van der Waals surface area contributed by atoms with Gasteiger partial charge in [0, 0.05) is 23.1 Å². The van der Waals surface area contributed by atoms with E-state index in [1.807, 2.05) is 0 Å². The number of carbonyl (C=O) groups is 2. The smallest absolute Gasteiger partial charge is 0.345 e. The second-order valence-electron chi connectivity index (χ2n) is 5.09. The molecule has 2 N–H and O–H groups in total. The molecule has 2 heterocycles. The minimum absolute atomic E-state index is 0.137. The van der Waals surface area contributed by atoms with Crippen LogP contribution in [0.25, 0.3) is 0 Å². The molecule has 1 aromatic heterocycles. The van der Waals surface area contributed by atoms with Crippen molar-refractivity contribution in [2.45, 2.75) is 13.5 Å². The predicted molar refractivity (Wildman–Crippen MR) is 86.3 cm³/mol. The number of thiophene rings is 1. The van der Waals surface area contributed by atoms with Gasteiger partial charge < -0.3 is 24.6 Å². The monoisotopic (exact) mass is 349 g/mol. The van der Waals surface area contributed by atoms with Gasteiger partial charge in [0.1, 0.15) is 10.6 Å². The highest BCUT2D eigenvalue weighted by Crippen LogP contribution is 2.38. The lowest BCUT2D eigenvalue weighted by Crippen LogP contribution is -2.23. The summed E-state index contributed by atoms with van der Waals surface area (Å²) in [6.07, 6.45) is 0. The van der Waals surface area contributed by atoms with Crippen LogP contribution in [0.1, 0.15) is 30.5 Å². The zero-order valence-corrected chi connectivity index (χ0v) is 13.9. The highest BCUT2D eigenvalue weighted by molar-refractivity contribution is 7.14. The van der Waals surface area contributed by atoms with Crippen LogP contribution in [0.15, 0.2) is 18.2 Å². The Labute approximate surface area is 141 Å². The van der Waals surface area contributed by atoms with E-state index in [1.165, 1.54) is 13.2 Å². The Morgan fingerprint density at radius 3 is 2.62 bits per heavy atom. The Balaban J connectivity index is 1.76. The van der Waals surface area contributed by atoms with Crippen molar-refractivity contribution >= 4 is 23.2 Å². The molecule has 0 atom stereocenters. The van der Waals surface area contributed by atoms with E-state index in [0.717, 1.165) is 16.9 Å². The average Bonchev–Trinajstić information content (AvgIpc) is 3.17. The molecule has 126 valence electrons. The molecule has 1 amide bonds. The second kappa shape index (κ2) is 6.40. The molecular weight excluding hydrogens is 334 g/mol. The number of carbonyl (C=O) groups excluding carboxylic acids is 1. The number of ether oxygens (including phenoxy) is 3. The number of aromatic carboxylic acids is 1. The minimum atomic E-state index is -1.04. The van der Waals surface area contributed by atoms with Crippen molar-refractivity contribution in [3.8, 4) is 17.2 Å². The van der Waals surface area contributed by atoms with E-state index in [0.29, 0.717) is 27.7 Å². The third-order valence-corrected chi connectivity index (χ3v) is 4.63. The van der Waals surface area contributed by atoms with Gasteiger partial charge in [0.2, 0.25) is 6.79 Å². The van der Waals surface area contributed by atoms with E-state index in [9.17, 15) is 9.59 Å². The van der Waals surface area contributed by atoms with Crippen LogP contribution in [-0.4, -0.2) is 30.9 Å². The first-order chi connectivity index (χ1) is 11.5. The summed E-state index contributed by atoms with van der Waals surface area (Å²) in [6.45, 7) is 2.09. The number of aryl methyl sites for hydroxylation is 1. The highest BCUT2D eigenvalue weighted by atomic mass is 32.1. The number of carboxylic acids is 1. The molecule has 3 rings (SSSR count). The van der Waals surface area contributed by atoms with Crippen molar-refractivity contribution in [2.75, 3.05) is 13.9 Å². The van der Waals surface area contributed by atoms with Crippen molar-refractivity contribution in [3.05, 3.63) is 39.1 Å². The molecule has 8 heteroatoms. The van der Waals surface area contributed by atoms with Crippen molar-refractivity contribution in [1.82, 2.24) is 5.32 Å². The van der Waals surface area contributed by atoms with Gasteiger partial charge in [0.15, 0.2) is 11.5 Å². The lowest BCUT2D eigenvalue weighted by atomic mass is 10.1. The molecule has 1 aliphatic heterocycles. The normalized spacial score (nSPS) is 12.1. The first kappa shape index (κ1) is 16.1. The van der Waals surface area contributed by atoms with Crippen molar-refractivity contribution in [2.24, 2.45) is 0 Å².